The van der Waals surface area contributed by atoms with E-state index in [0.717, 1.165) is 0 Å². The number of hydrogen-bond acceptors (Lipinski definition) is 3. The average Bonchev–Trinajstić information content (AvgIpc) is 3.17. The van der Waals surface area contributed by atoms with Gasteiger partial charge >= 0.3 is 0 Å². The van der Waals surface area contributed by atoms with Crippen molar-refractivity contribution in [2.75, 3.05) is 4.90 Å². The molecule has 1 fully saturated rings. The minimum atomic E-state index is -0.590. The predicted octanol–water partition coefficient (Wildman–Crippen LogP) is 4.41. The molecule has 5 nitrogen and oxygen atoms in total. The van der Waals surface area contributed by atoms with E-state index < -0.39 is 11.8 Å². The van der Waals surface area contributed by atoms with E-state index in [2.05, 4.69) is 5.32 Å². The Bertz CT molecular complexity index is 1220. The first kappa shape index (κ1) is 20.0. The van der Waals surface area contributed by atoms with E-state index in [-0.39, 0.29) is 16.5 Å². The molecule has 30 heavy (non-hydrogen) atoms. The molecule has 2 aromatic carbocycles. The maximum absolute atomic E-state index is 13.3. The first-order valence-corrected chi connectivity index (χ1v) is 9.75. The standard InChI is InChI=1S/C22H15ClFN3O2S/c1-13-18(23)5-2-6-19(13)27-21(29)17(20(28)25-22(27)30)12-16-4-3-11-26(16)15-9-7-14(24)8-10-15/h2-12H,1H3,(H,25,28,30)/b17-12+. The normalized spacial score (nSPS) is 15.6. The van der Waals surface area contributed by atoms with Crippen LogP contribution in [0.3, 0.4) is 0 Å². The van der Waals surface area contributed by atoms with Crippen molar-refractivity contribution in [1.82, 2.24) is 9.88 Å². The van der Waals surface area contributed by atoms with E-state index in [1.54, 1.807) is 60.2 Å². The van der Waals surface area contributed by atoms with Crippen molar-refractivity contribution in [1.29, 1.82) is 0 Å². The molecule has 0 bridgehead atoms. The average molecular weight is 440 g/mol. The van der Waals surface area contributed by atoms with E-state index in [4.69, 9.17) is 23.8 Å². The molecule has 0 unspecified atom stereocenters. The number of anilines is 1. The monoisotopic (exact) mass is 439 g/mol. The fourth-order valence-electron chi connectivity index (χ4n) is 3.21. The van der Waals surface area contributed by atoms with Gasteiger partial charge in [0.25, 0.3) is 11.8 Å². The third-order valence-corrected chi connectivity index (χ3v) is 5.45. The summed E-state index contributed by atoms with van der Waals surface area (Å²) < 4.78 is 15.0. The Kier molecular flexibility index (Phi) is 5.24. The van der Waals surface area contributed by atoms with Gasteiger partial charge in [-0.1, -0.05) is 17.7 Å². The maximum atomic E-state index is 13.3. The highest BCUT2D eigenvalue weighted by Gasteiger charge is 2.35. The first-order chi connectivity index (χ1) is 14.4. The molecule has 0 atom stereocenters. The molecule has 1 N–H and O–H groups in total. The van der Waals surface area contributed by atoms with Crippen molar-refractivity contribution in [3.8, 4) is 5.69 Å². The quantitative estimate of drug-likeness (QED) is 0.373. The summed E-state index contributed by atoms with van der Waals surface area (Å²) >= 11 is 11.4. The molecule has 1 aliphatic heterocycles. The second-order valence-corrected chi connectivity index (χ2v) is 7.42. The van der Waals surface area contributed by atoms with Gasteiger partial charge in [0.15, 0.2) is 5.11 Å². The second-order valence-electron chi connectivity index (χ2n) is 6.62. The highest BCUT2D eigenvalue weighted by molar-refractivity contribution is 7.80. The van der Waals surface area contributed by atoms with Gasteiger partial charge in [-0.15, -0.1) is 0 Å². The summed E-state index contributed by atoms with van der Waals surface area (Å²) in [6.45, 7) is 1.77. The topological polar surface area (TPSA) is 54.3 Å². The second kappa shape index (κ2) is 7.85. The third kappa shape index (κ3) is 3.53. The van der Waals surface area contributed by atoms with Crippen LogP contribution in [0, 0.1) is 12.7 Å². The van der Waals surface area contributed by atoms with Crippen LogP contribution >= 0.6 is 23.8 Å². The highest BCUT2D eigenvalue weighted by atomic mass is 35.5. The molecule has 0 saturated carbocycles. The van der Waals surface area contributed by atoms with E-state index in [9.17, 15) is 14.0 Å². The van der Waals surface area contributed by atoms with Gasteiger partial charge in [-0.05, 0) is 79.3 Å². The lowest BCUT2D eigenvalue weighted by atomic mass is 10.1. The number of nitrogens with zero attached hydrogens (tertiary/aromatic N) is 2. The summed E-state index contributed by atoms with van der Waals surface area (Å²) in [5.74, 6) is -1.50. The zero-order valence-electron chi connectivity index (χ0n) is 15.7. The molecule has 4 rings (SSSR count). The summed E-state index contributed by atoms with van der Waals surface area (Å²) in [5.41, 5.74) is 2.35. The van der Waals surface area contributed by atoms with Crippen LogP contribution in [0.25, 0.3) is 11.8 Å². The van der Waals surface area contributed by atoms with Crippen molar-refractivity contribution < 1.29 is 14.0 Å². The van der Waals surface area contributed by atoms with Crippen LogP contribution in [0.15, 0.2) is 66.4 Å². The van der Waals surface area contributed by atoms with Gasteiger partial charge in [0, 0.05) is 22.6 Å². The van der Waals surface area contributed by atoms with Crippen LogP contribution in [-0.2, 0) is 9.59 Å². The Morgan fingerprint density at radius 2 is 1.80 bits per heavy atom. The van der Waals surface area contributed by atoms with Gasteiger partial charge in [0.05, 0.1) is 5.69 Å². The van der Waals surface area contributed by atoms with Crippen LogP contribution in [0.1, 0.15) is 11.3 Å². The third-order valence-electron chi connectivity index (χ3n) is 4.76. The fourth-order valence-corrected chi connectivity index (χ4v) is 3.65. The summed E-state index contributed by atoms with van der Waals surface area (Å²) in [5, 5.41) is 3.03. The molecular formula is C22H15ClFN3O2S. The van der Waals surface area contributed by atoms with Gasteiger partial charge in [0.1, 0.15) is 11.4 Å². The van der Waals surface area contributed by atoms with Crippen molar-refractivity contribution in [2.45, 2.75) is 6.92 Å². The smallest absolute Gasteiger partial charge is 0.270 e. The summed E-state index contributed by atoms with van der Waals surface area (Å²) in [6.07, 6.45) is 3.24. The summed E-state index contributed by atoms with van der Waals surface area (Å²) in [7, 11) is 0. The van der Waals surface area contributed by atoms with Crippen molar-refractivity contribution in [2.24, 2.45) is 0 Å². The van der Waals surface area contributed by atoms with Crippen molar-refractivity contribution >= 4 is 52.5 Å². The van der Waals surface area contributed by atoms with Crippen LogP contribution in [0.4, 0.5) is 10.1 Å². The van der Waals surface area contributed by atoms with Gasteiger partial charge in [-0.25, -0.2) is 4.39 Å². The number of carbonyl (C=O) groups is 2. The molecule has 0 radical (unpaired) electrons. The molecule has 8 heteroatoms. The zero-order chi connectivity index (χ0) is 21.4. The number of amides is 2. The number of thiocarbonyl (C=S) groups is 1. The van der Waals surface area contributed by atoms with Crippen LogP contribution < -0.4 is 10.2 Å². The number of hydrogen-bond donors (Lipinski definition) is 1. The Hall–Kier alpha value is -3.29. The van der Waals surface area contributed by atoms with Gasteiger partial charge in [-0.3, -0.25) is 19.8 Å². The van der Waals surface area contributed by atoms with Crippen molar-refractivity contribution in [3.05, 3.63) is 88.5 Å². The largest absolute Gasteiger partial charge is 0.317 e. The first-order valence-electron chi connectivity index (χ1n) is 8.96. The summed E-state index contributed by atoms with van der Waals surface area (Å²) in [6, 6.07) is 14.5. The Morgan fingerprint density at radius 3 is 2.53 bits per heavy atom. The zero-order valence-corrected chi connectivity index (χ0v) is 17.3. The van der Waals surface area contributed by atoms with Crippen LogP contribution in [0.2, 0.25) is 5.02 Å². The Labute approximate surface area is 182 Å². The summed E-state index contributed by atoms with van der Waals surface area (Å²) in [4.78, 5) is 27.1. The molecule has 150 valence electrons. The highest BCUT2D eigenvalue weighted by Crippen LogP contribution is 2.29. The predicted molar refractivity (Wildman–Crippen MR) is 118 cm³/mol. The fraction of sp³-hybridized carbons (Fsp3) is 0.0455. The lowest BCUT2D eigenvalue weighted by molar-refractivity contribution is -0.122. The lowest BCUT2D eigenvalue weighted by Gasteiger charge is -2.30. The van der Waals surface area contributed by atoms with E-state index in [0.29, 0.717) is 27.7 Å². The molecular weight excluding hydrogens is 425 g/mol. The number of benzene rings is 2. The van der Waals surface area contributed by atoms with Crippen molar-refractivity contribution in [3.63, 3.8) is 0 Å². The molecule has 0 aliphatic carbocycles. The van der Waals surface area contributed by atoms with Crippen LogP contribution in [0.5, 0.6) is 0 Å². The molecule has 2 amide bonds. The minimum absolute atomic E-state index is 0.0126. The number of nitrogens with one attached hydrogen (secondary N) is 1. The van der Waals surface area contributed by atoms with E-state index in [1.807, 2.05) is 0 Å². The number of carbonyl (C=O) groups excluding carboxylic acids is 2. The molecule has 2 heterocycles. The number of halogens is 2. The SMILES string of the molecule is Cc1c(Cl)cccc1N1C(=O)/C(=C/c2cccn2-c2ccc(F)cc2)C(=O)NC1=S. The molecule has 3 aromatic rings. The van der Waals surface area contributed by atoms with E-state index in [1.165, 1.54) is 23.1 Å². The molecule has 1 aromatic heterocycles. The number of aromatic nitrogens is 1. The molecule has 0 spiro atoms. The Balaban J connectivity index is 1.77. The number of rotatable bonds is 3. The maximum Gasteiger partial charge on any atom is 0.270 e. The Morgan fingerprint density at radius 1 is 1.07 bits per heavy atom. The minimum Gasteiger partial charge on any atom is -0.317 e. The van der Waals surface area contributed by atoms with Gasteiger partial charge in [0.2, 0.25) is 0 Å². The lowest BCUT2D eigenvalue weighted by Crippen LogP contribution is -2.54. The molecule has 1 aliphatic rings. The molecule has 1 saturated heterocycles. The van der Waals surface area contributed by atoms with E-state index >= 15 is 0 Å². The van der Waals surface area contributed by atoms with Crippen LogP contribution in [-0.4, -0.2) is 21.5 Å². The van der Waals surface area contributed by atoms with Gasteiger partial charge in [-0.2, -0.15) is 0 Å². The van der Waals surface area contributed by atoms with Gasteiger partial charge < -0.3 is 4.57 Å².